The molecule has 0 fully saturated rings. The number of carbonyl (C=O) groups is 4. The van der Waals surface area contributed by atoms with E-state index in [1.807, 2.05) is 0 Å². The summed E-state index contributed by atoms with van der Waals surface area (Å²) in [4.78, 5) is 47.7. The first-order valence-electron chi connectivity index (χ1n) is 9.50. The van der Waals surface area contributed by atoms with Crippen molar-refractivity contribution in [3.63, 3.8) is 0 Å². The normalized spacial score (nSPS) is 14.5. The van der Waals surface area contributed by atoms with Crippen LogP contribution in [0.25, 0.3) is 0 Å². The molecule has 1 aromatic rings. The number of hydrogen-bond donors (Lipinski definition) is 4. The number of benzene rings is 1. The van der Waals surface area contributed by atoms with Crippen molar-refractivity contribution in [1.82, 2.24) is 10.6 Å². The molecule has 0 bridgehead atoms. The van der Waals surface area contributed by atoms with Crippen molar-refractivity contribution < 1.29 is 38.9 Å². The molecule has 0 heterocycles. The number of aliphatic hydroxyl groups excluding tert-OH is 1. The van der Waals surface area contributed by atoms with Crippen LogP contribution in [-0.4, -0.2) is 58.9 Å². The monoisotopic (exact) mass is 424 g/mol. The fourth-order valence-corrected chi connectivity index (χ4v) is 2.51. The number of aliphatic hydroxyl groups is 1. The van der Waals surface area contributed by atoms with Crippen molar-refractivity contribution in [3.8, 4) is 0 Å². The average molecular weight is 424 g/mol. The van der Waals surface area contributed by atoms with E-state index in [4.69, 9.17) is 9.47 Å². The molecule has 0 spiro atoms. The maximum Gasteiger partial charge on any atom is 0.408 e. The Morgan fingerprint density at radius 1 is 1.03 bits per heavy atom. The quantitative estimate of drug-likeness (QED) is 0.381. The molecule has 30 heavy (non-hydrogen) atoms. The van der Waals surface area contributed by atoms with Crippen LogP contribution in [0.5, 0.6) is 0 Å². The average Bonchev–Trinajstić information content (AvgIpc) is 2.70. The standard InChI is InChI=1S/C20H28N2O8/c1-4-29-19(27)12(2)10-15(18(25)26)21-17(24)16(13(3)23)22-20(28)30-11-14-8-6-5-7-9-14/h5-9,12-13,15-16,23H,4,10-11H2,1-3H3,(H,21,24)(H,22,28)(H,25,26)/t12-,13-,15+,16+/m1/s1. The molecule has 0 aliphatic carbocycles. The van der Waals surface area contributed by atoms with Gasteiger partial charge >= 0.3 is 18.0 Å². The van der Waals surface area contributed by atoms with Crippen LogP contribution in [0.1, 0.15) is 32.8 Å². The second-order valence-electron chi connectivity index (χ2n) is 6.71. The van der Waals surface area contributed by atoms with E-state index in [2.05, 4.69) is 10.6 Å². The van der Waals surface area contributed by atoms with Crippen LogP contribution in [0.2, 0.25) is 0 Å². The summed E-state index contributed by atoms with van der Waals surface area (Å²) in [6.45, 7) is 4.46. The second kappa shape index (κ2) is 12.4. The Morgan fingerprint density at radius 3 is 2.20 bits per heavy atom. The van der Waals surface area contributed by atoms with Crippen molar-refractivity contribution in [2.24, 2.45) is 5.92 Å². The minimum absolute atomic E-state index is 0.0460. The molecule has 0 saturated carbocycles. The number of nitrogens with one attached hydrogen (secondary N) is 2. The van der Waals surface area contributed by atoms with Gasteiger partial charge in [0.25, 0.3) is 0 Å². The molecule has 0 aliphatic rings. The third kappa shape index (κ3) is 8.48. The van der Waals surface area contributed by atoms with E-state index in [1.54, 1.807) is 37.3 Å². The summed E-state index contributed by atoms with van der Waals surface area (Å²) in [5, 5.41) is 23.7. The number of carbonyl (C=O) groups excluding carboxylic acids is 3. The number of amides is 2. The lowest BCUT2D eigenvalue weighted by Gasteiger charge is -2.24. The van der Waals surface area contributed by atoms with Gasteiger partial charge in [0.2, 0.25) is 5.91 Å². The van der Waals surface area contributed by atoms with Crippen LogP contribution >= 0.6 is 0 Å². The Bertz CT molecular complexity index is 723. The van der Waals surface area contributed by atoms with E-state index < -0.39 is 48.0 Å². The molecule has 1 rings (SSSR count). The first-order valence-corrected chi connectivity index (χ1v) is 9.50. The van der Waals surface area contributed by atoms with Crippen LogP contribution in [-0.2, 0) is 30.5 Å². The van der Waals surface area contributed by atoms with Crippen molar-refractivity contribution in [2.75, 3.05) is 6.61 Å². The van der Waals surface area contributed by atoms with Crippen LogP contribution < -0.4 is 10.6 Å². The lowest BCUT2D eigenvalue weighted by atomic mass is 10.0. The fourth-order valence-electron chi connectivity index (χ4n) is 2.51. The number of aliphatic carboxylic acids is 1. The highest BCUT2D eigenvalue weighted by Crippen LogP contribution is 2.10. The number of carboxylic acid groups (broad SMARTS) is 1. The van der Waals surface area contributed by atoms with E-state index in [1.165, 1.54) is 13.8 Å². The molecule has 2 amide bonds. The molecule has 0 unspecified atom stereocenters. The van der Waals surface area contributed by atoms with Gasteiger partial charge in [-0.3, -0.25) is 9.59 Å². The van der Waals surface area contributed by atoms with Gasteiger partial charge < -0.3 is 30.3 Å². The Morgan fingerprint density at radius 2 is 1.67 bits per heavy atom. The van der Waals surface area contributed by atoms with Gasteiger partial charge in [-0.2, -0.15) is 0 Å². The van der Waals surface area contributed by atoms with Gasteiger partial charge in [-0.05, 0) is 25.8 Å². The number of alkyl carbamates (subject to hydrolysis) is 1. The van der Waals surface area contributed by atoms with Crippen molar-refractivity contribution in [2.45, 2.75) is 52.0 Å². The fraction of sp³-hybridized carbons (Fsp3) is 0.500. The van der Waals surface area contributed by atoms with E-state index in [-0.39, 0.29) is 19.6 Å². The maximum absolute atomic E-state index is 12.5. The van der Waals surface area contributed by atoms with E-state index >= 15 is 0 Å². The summed E-state index contributed by atoms with van der Waals surface area (Å²) in [5.41, 5.74) is 0.726. The summed E-state index contributed by atoms with van der Waals surface area (Å²) in [6, 6.07) is 5.97. The number of rotatable bonds is 11. The number of ether oxygens (including phenoxy) is 2. The molecular formula is C20H28N2O8. The zero-order valence-electron chi connectivity index (χ0n) is 17.2. The predicted octanol–water partition coefficient (Wildman–Crippen LogP) is 0.821. The smallest absolute Gasteiger partial charge is 0.408 e. The lowest BCUT2D eigenvalue weighted by Crippen LogP contribution is -2.56. The minimum atomic E-state index is -1.45. The summed E-state index contributed by atoms with van der Waals surface area (Å²) in [7, 11) is 0. The SMILES string of the molecule is CCOC(=O)[C@H](C)C[C@H](NC(=O)[C@@H](NC(=O)OCc1ccccc1)[C@@H](C)O)C(=O)O. The highest BCUT2D eigenvalue weighted by atomic mass is 16.5. The Hall–Kier alpha value is -3.14. The molecule has 4 N–H and O–H groups in total. The van der Waals surface area contributed by atoms with Crippen LogP contribution in [0.4, 0.5) is 4.79 Å². The van der Waals surface area contributed by atoms with Gasteiger partial charge in [-0.25, -0.2) is 9.59 Å². The first-order chi connectivity index (χ1) is 14.1. The molecule has 10 heteroatoms. The molecule has 0 aromatic heterocycles. The summed E-state index contributed by atoms with van der Waals surface area (Å²) in [6.07, 6.45) is -2.50. The Balaban J connectivity index is 2.70. The number of hydrogen-bond acceptors (Lipinski definition) is 7. The third-order valence-corrected chi connectivity index (χ3v) is 4.14. The summed E-state index contributed by atoms with van der Waals surface area (Å²) in [5.74, 6) is -3.66. The first kappa shape index (κ1) is 24.9. The van der Waals surface area contributed by atoms with Crippen molar-refractivity contribution in [3.05, 3.63) is 35.9 Å². The van der Waals surface area contributed by atoms with E-state index in [0.29, 0.717) is 0 Å². The van der Waals surface area contributed by atoms with Gasteiger partial charge in [0.05, 0.1) is 18.6 Å². The van der Waals surface area contributed by atoms with Crippen LogP contribution in [0.15, 0.2) is 30.3 Å². The highest BCUT2D eigenvalue weighted by molar-refractivity contribution is 5.90. The van der Waals surface area contributed by atoms with Crippen LogP contribution in [0, 0.1) is 5.92 Å². The molecule has 0 radical (unpaired) electrons. The molecular weight excluding hydrogens is 396 g/mol. The molecule has 1 aromatic carbocycles. The largest absolute Gasteiger partial charge is 0.480 e. The van der Waals surface area contributed by atoms with E-state index in [9.17, 15) is 29.4 Å². The topological polar surface area (TPSA) is 151 Å². The highest BCUT2D eigenvalue weighted by Gasteiger charge is 2.32. The maximum atomic E-state index is 12.5. The van der Waals surface area contributed by atoms with Crippen molar-refractivity contribution in [1.29, 1.82) is 0 Å². The molecule has 0 saturated heterocycles. The summed E-state index contributed by atoms with van der Waals surface area (Å²) >= 11 is 0. The summed E-state index contributed by atoms with van der Waals surface area (Å²) < 4.78 is 9.85. The Kier molecular flexibility index (Phi) is 10.3. The zero-order chi connectivity index (χ0) is 22.7. The van der Waals surface area contributed by atoms with Gasteiger partial charge in [0.15, 0.2) is 0 Å². The second-order valence-corrected chi connectivity index (χ2v) is 6.71. The zero-order valence-corrected chi connectivity index (χ0v) is 17.2. The van der Waals surface area contributed by atoms with Crippen molar-refractivity contribution >= 4 is 23.9 Å². The molecule has 4 atom stereocenters. The molecule has 166 valence electrons. The van der Waals surface area contributed by atoms with Gasteiger partial charge in [0.1, 0.15) is 18.7 Å². The van der Waals surface area contributed by atoms with Crippen LogP contribution in [0.3, 0.4) is 0 Å². The molecule has 0 aliphatic heterocycles. The number of esters is 1. The number of carboxylic acids is 1. The molecule has 10 nitrogen and oxygen atoms in total. The Labute approximate surface area is 174 Å². The van der Waals surface area contributed by atoms with Gasteiger partial charge in [-0.1, -0.05) is 37.3 Å². The lowest BCUT2D eigenvalue weighted by molar-refractivity contribution is -0.149. The minimum Gasteiger partial charge on any atom is -0.480 e. The van der Waals surface area contributed by atoms with Gasteiger partial charge in [-0.15, -0.1) is 0 Å². The van der Waals surface area contributed by atoms with Gasteiger partial charge in [0, 0.05) is 0 Å². The predicted molar refractivity (Wildman–Crippen MR) is 105 cm³/mol. The third-order valence-electron chi connectivity index (χ3n) is 4.14. The van der Waals surface area contributed by atoms with E-state index in [0.717, 1.165) is 5.56 Å².